The zero-order valence-corrected chi connectivity index (χ0v) is 18.5. The first-order chi connectivity index (χ1) is 15.0. The first-order valence-corrected chi connectivity index (χ1v) is 10.9. The highest BCUT2D eigenvalue weighted by atomic mass is 16.5. The molecule has 3 rings (SSSR count). The summed E-state index contributed by atoms with van der Waals surface area (Å²) in [5, 5.41) is 12.8. The fourth-order valence-electron chi connectivity index (χ4n) is 4.13. The fourth-order valence-corrected chi connectivity index (χ4v) is 4.13. The first-order valence-electron chi connectivity index (χ1n) is 10.9. The molecule has 0 unspecified atom stereocenters. The SMILES string of the molecule is CC[C@@H](CC(=O)O)c1ccc(N(CC)C2CCOCC2)c(Nc2cnc(OC)nc2)c1. The second kappa shape index (κ2) is 10.9. The average molecular weight is 429 g/mol. The number of nitrogens with zero attached hydrogens (tertiary/aromatic N) is 3. The van der Waals surface area contributed by atoms with Crippen molar-refractivity contribution in [2.24, 2.45) is 0 Å². The summed E-state index contributed by atoms with van der Waals surface area (Å²) in [6.07, 6.45) is 6.20. The zero-order chi connectivity index (χ0) is 22.2. The summed E-state index contributed by atoms with van der Waals surface area (Å²) >= 11 is 0. The smallest absolute Gasteiger partial charge is 0.316 e. The minimum Gasteiger partial charge on any atom is -0.481 e. The summed E-state index contributed by atoms with van der Waals surface area (Å²) in [5.41, 5.74) is 3.75. The molecule has 1 aromatic heterocycles. The van der Waals surface area contributed by atoms with E-state index in [4.69, 9.17) is 9.47 Å². The molecule has 2 N–H and O–H groups in total. The Morgan fingerprint density at radius 2 is 2.00 bits per heavy atom. The van der Waals surface area contributed by atoms with Crippen LogP contribution >= 0.6 is 0 Å². The number of aliphatic carboxylic acids is 1. The Hall–Kier alpha value is -2.87. The zero-order valence-electron chi connectivity index (χ0n) is 18.5. The van der Waals surface area contributed by atoms with Gasteiger partial charge in [0.2, 0.25) is 0 Å². The van der Waals surface area contributed by atoms with Gasteiger partial charge in [-0.25, -0.2) is 9.97 Å². The van der Waals surface area contributed by atoms with Crippen molar-refractivity contribution in [3.05, 3.63) is 36.2 Å². The highest BCUT2D eigenvalue weighted by molar-refractivity contribution is 5.77. The maximum absolute atomic E-state index is 11.3. The third-order valence-electron chi connectivity index (χ3n) is 5.78. The van der Waals surface area contributed by atoms with Crippen LogP contribution < -0.4 is 15.0 Å². The van der Waals surface area contributed by atoms with Crippen molar-refractivity contribution in [3.8, 4) is 6.01 Å². The lowest BCUT2D eigenvalue weighted by atomic mass is 9.92. The molecule has 1 saturated heterocycles. The lowest BCUT2D eigenvalue weighted by Gasteiger charge is -2.36. The van der Waals surface area contributed by atoms with E-state index in [9.17, 15) is 9.90 Å². The van der Waals surface area contributed by atoms with E-state index >= 15 is 0 Å². The third-order valence-corrected chi connectivity index (χ3v) is 5.78. The Morgan fingerprint density at radius 1 is 1.29 bits per heavy atom. The van der Waals surface area contributed by atoms with Gasteiger partial charge in [-0.15, -0.1) is 0 Å². The molecule has 1 aliphatic heterocycles. The normalized spacial score (nSPS) is 15.3. The van der Waals surface area contributed by atoms with E-state index in [-0.39, 0.29) is 12.3 Å². The monoisotopic (exact) mass is 428 g/mol. The van der Waals surface area contributed by atoms with Crippen molar-refractivity contribution in [2.75, 3.05) is 37.1 Å². The molecule has 2 aromatic rings. The van der Waals surface area contributed by atoms with Crippen molar-refractivity contribution < 1.29 is 19.4 Å². The molecule has 1 aromatic carbocycles. The number of hydrogen-bond acceptors (Lipinski definition) is 7. The molecule has 8 nitrogen and oxygen atoms in total. The standard InChI is InChI=1S/C23H32N4O4/c1-4-16(13-22(28)29)17-6-7-21(27(5-2)19-8-10-31-11-9-19)20(12-17)26-18-14-24-23(30-3)25-15-18/h6-7,12,14-16,19,26H,4-5,8-11,13H2,1-3H3,(H,28,29)/t16-/m0/s1. The summed E-state index contributed by atoms with van der Waals surface area (Å²) in [4.78, 5) is 22.1. The Kier molecular flexibility index (Phi) is 8.06. The molecule has 8 heteroatoms. The number of benzene rings is 1. The van der Waals surface area contributed by atoms with Gasteiger partial charge < -0.3 is 24.8 Å². The third kappa shape index (κ3) is 5.85. The highest BCUT2D eigenvalue weighted by Gasteiger charge is 2.24. The van der Waals surface area contributed by atoms with Crippen molar-refractivity contribution in [1.29, 1.82) is 0 Å². The van der Waals surface area contributed by atoms with Crippen molar-refractivity contribution in [3.63, 3.8) is 0 Å². The van der Waals surface area contributed by atoms with Gasteiger partial charge in [0.25, 0.3) is 0 Å². The molecule has 0 aliphatic carbocycles. The fraction of sp³-hybridized carbons (Fsp3) is 0.522. The maximum Gasteiger partial charge on any atom is 0.316 e. The molecule has 0 radical (unpaired) electrons. The summed E-state index contributed by atoms with van der Waals surface area (Å²) < 4.78 is 10.6. The van der Waals surface area contributed by atoms with E-state index < -0.39 is 5.97 Å². The second-order valence-corrected chi connectivity index (χ2v) is 7.69. The molecule has 0 bridgehead atoms. The van der Waals surface area contributed by atoms with Crippen LogP contribution in [0.25, 0.3) is 0 Å². The average Bonchev–Trinajstić information content (AvgIpc) is 2.80. The molecule has 1 fully saturated rings. The molecule has 168 valence electrons. The van der Waals surface area contributed by atoms with Gasteiger partial charge in [0.1, 0.15) is 0 Å². The lowest BCUT2D eigenvalue weighted by Crippen LogP contribution is -2.39. The Morgan fingerprint density at radius 3 is 2.58 bits per heavy atom. The number of carboxylic acid groups (broad SMARTS) is 1. The molecule has 1 aliphatic rings. The number of carboxylic acids is 1. The molecule has 0 amide bonds. The topological polar surface area (TPSA) is 96.8 Å². The van der Waals surface area contributed by atoms with Crippen LogP contribution in [-0.2, 0) is 9.53 Å². The minimum absolute atomic E-state index is 0.0441. The predicted octanol–water partition coefficient (Wildman–Crippen LogP) is 4.20. The molecule has 31 heavy (non-hydrogen) atoms. The van der Waals surface area contributed by atoms with Gasteiger partial charge in [-0.1, -0.05) is 13.0 Å². The number of carbonyl (C=O) groups is 1. The van der Waals surface area contributed by atoms with Crippen LogP contribution in [-0.4, -0.2) is 54.0 Å². The Labute approximate surface area is 183 Å². The molecule has 1 atom stereocenters. The van der Waals surface area contributed by atoms with Crippen LogP contribution in [0.15, 0.2) is 30.6 Å². The predicted molar refractivity (Wildman–Crippen MR) is 120 cm³/mol. The van der Waals surface area contributed by atoms with Crippen molar-refractivity contribution in [1.82, 2.24) is 9.97 Å². The Balaban J connectivity index is 1.97. The van der Waals surface area contributed by atoms with Gasteiger partial charge in [-0.05, 0) is 49.8 Å². The largest absolute Gasteiger partial charge is 0.481 e. The van der Waals surface area contributed by atoms with Gasteiger partial charge in [0.15, 0.2) is 0 Å². The van der Waals surface area contributed by atoms with Crippen LogP contribution in [0.4, 0.5) is 17.1 Å². The quantitative estimate of drug-likeness (QED) is 0.581. The van der Waals surface area contributed by atoms with Gasteiger partial charge in [0.05, 0.1) is 43.0 Å². The van der Waals surface area contributed by atoms with Crippen molar-refractivity contribution in [2.45, 2.75) is 51.5 Å². The summed E-state index contributed by atoms with van der Waals surface area (Å²) in [6, 6.07) is 6.94. The van der Waals surface area contributed by atoms with Gasteiger partial charge in [-0.3, -0.25) is 4.79 Å². The number of rotatable bonds is 10. The van der Waals surface area contributed by atoms with Crippen LogP contribution in [0.1, 0.15) is 51.0 Å². The molecular weight excluding hydrogens is 396 g/mol. The van der Waals surface area contributed by atoms with E-state index in [2.05, 4.69) is 45.3 Å². The van der Waals surface area contributed by atoms with Crippen LogP contribution in [0.2, 0.25) is 0 Å². The van der Waals surface area contributed by atoms with Gasteiger partial charge in [-0.2, -0.15) is 0 Å². The number of ether oxygens (including phenoxy) is 2. The number of hydrogen-bond donors (Lipinski definition) is 2. The van der Waals surface area contributed by atoms with E-state index in [0.717, 1.165) is 61.6 Å². The maximum atomic E-state index is 11.3. The first kappa shape index (κ1) is 22.8. The number of anilines is 3. The van der Waals surface area contributed by atoms with Crippen LogP contribution in [0.3, 0.4) is 0 Å². The summed E-state index contributed by atoms with van der Waals surface area (Å²) in [6.45, 7) is 6.58. The molecule has 0 saturated carbocycles. The molecule has 2 heterocycles. The van der Waals surface area contributed by atoms with E-state index in [1.165, 1.54) is 7.11 Å². The van der Waals surface area contributed by atoms with Crippen LogP contribution in [0, 0.1) is 0 Å². The van der Waals surface area contributed by atoms with E-state index in [1.54, 1.807) is 12.4 Å². The van der Waals surface area contributed by atoms with Crippen molar-refractivity contribution >= 4 is 23.0 Å². The van der Waals surface area contributed by atoms with Crippen LogP contribution in [0.5, 0.6) is 6.01 Å². The van der Waals surface area contributed by atoms with E-state index in [0.29, 0.717) is 12.1 Å². The molecule has 0 spiro atoms. The molecular formula is C23H32N4O4. The lowest BCUT2D eigenvalue weighted by molar-refractivity contribution is -0.137. The summed E-state index contributed by atoms with van der Waals surface area (Å²) in [5.74, 6) is -0.830. The summed E-state index contributed by atoms with van der Waals surface area (Å²) in [7, 11) is 1.53. The van der Waals surface area contributed by atoms with Gasteiger partial charge in [0, 0.05) is 25.8 Å². The van der Waals surface area contributed by atoms with E-state index in [1.807, 2.05) is 6.92 Å². The number of nitrogens with one attached hydrogen (secondary N) is 1. The number of aromatic nitrogens is 2. The Bertz CT molecular complexity index is 853. The highest BCUT2D eigenvalue weighted by Crippen LogP contribution is 2.36. The van der Waals surface area contributed by atoms with Gasteiger partial charge >= 0.3 is 12.0 Å². The number of methoxy groups -OCH3 is 1. The minimum atomic E-state index is -0.786. The second-order valence-electron chi connectivity index (χ2n) is 7.69.